The molecule has 1 aromatic carbocycles. The van der Waals surface area contributed by atoms with Gasteiger partial charge in [-0.1, -0.05) is 6.07 Å². The minimum Gasteiger partial charge on any atom is -0.493 e. The summed E-state index contributed by atoms with van der Waals surface area (Å²) in [6.07, 6.45) is 3.50. The van der Waals surface area contributed by atoms with E-state index in [4.69, 9.17) is 9.47 Å². The van der Waals surface area contributed by atoms with Crippen LogP contribution in [0, 0.1) is 0 Å². The summed E-state index contributed by atoms with van der Waals surface area (Å²) in [4.78, 5) is 4.33. The Morgan fingerprint density at radius 3 is 2.48 bits per heavy atom. The van der Waals surface area contributed by atoms with Crippen LogP contribution in [0.4, 0.5) is 0 Å². The molecule has 0 spiro atoms. The molecule has 0 atom stereocenters. The number of hydrogen-bond acceptors (Lipinski definition) is 4. The summed E-state index contributed by atoms with van der Waals surface area (Å²) in [6, 6.07) is 13.4. The number of pyridine rings is 1. The fourth-order valence-electron chi connectivity index (χ4n) is 2.18. The Morgan fingerprint density at radius 1 is 0.905 bits per heavy atom. The molecule has 5 heteroatoms. The molecule has 0 N–H and O–H groups in total. The number of aromatic nitrogens is 3. The zero-order valence-corrected chi connectivity index (χ0v) is 11.9. The zero-order chi connectivity index (χ0) is 14.7. The highest BCUT2D eigenvalue weighted by molar-refractivity contribution is 5.65. The van der Waals surface area contributed by atoms with Crippen molar-refractivity contribution in [1.29, 1.82) is 0 Å². The van der Waals surface area contributed by atoms with Crippen LogP contribution in [0.15, 0.2) is 54.9 Å². The Labute approximate surface area is 122 Å². The van der Waals surface area contributed by atoms with E-state index in [0.717, 1.165) is 17.1 Å². The summed E-state index contributed by atoms with van der Waals surface area (Å²) in [5, 5.41) is 4.34. The van der Waals surface area contributed by atoms with Gasteiger partial charge in [-0.05, 0) is 36.4 Å². The lowest BCUT2D eigenvalue weighted by Gasteiger charge is -2.11. The second-order valence-corrected chi connectivity index (χ2v) is 4.39. The molecule has 21 heavy (non-hydrogen) atoms. The fraction of sp³-hybridized carbons (Fsp3) is 0.125. The van der Waals surface area contributed by atoms with E-state index in [9.17, 15) is 0 Å². The van der Waals surface area contributed by atoms with Crippen molar-refractivity contribution in [3.8, 4) is 28.6 Å². The van der Waals surface area contributed by atoms with Gasteiger partial charge < -0.3 is 9.47 Å². The Balaban J connectivity index is 2.08. The lowest BCUT2D eigenvalue weighted by Crippen LogP contribution is -2.01. The third-order valence-electron chi connectivity index (χ3n) is 3.19. The van der Waals surface area contributed by atoms with Crippen molar-refractivity contribution >= 4 is 0 Å². The van der Waals surface area contributed by atoms with Crippen LogP contribution in [0.25, 0.3) is 17.1 Å². The number of rotatable bonds is 4. The third-order valence-corrected chi connectivity index (χ3v) is 3.19. The standard InChI is InChI=1S/C16H15N3O2/c1-20-14-7-6-12(11-15(14)21-2)13-8-10-18-19(13)16-5-3-4-9-17-16/h3-11H,1-2H3. The molecular weight excluding hydrogens is 266 g/mol. The normalized spacial score (nSPS) is 10.4. The summed E-state index contributed by atoms with van der Waals surface area (Å²) < 4.78 is 12.4. The molecule has 2 heterocycles. The third kappa shape index (κ3) is 2.45. The second kappa shape index (κ2) is 5.66. The number of nitrogens with zero attached hydrogens (tertiary/aromatic N) is 3. The first-order valence-electron chi connectivity index (χ1n) is 6.51. The van der Waals surface area contributed by atoms with Gasteiger partial charge in [0.1, 0.15) is 0 Å². The Hall–Kier alpha value is -2.82. The van der Waals surface area contributed by atoms with Crippen LogP contribution in [0.3, 0.4) is 0 Å². The number of ether oxygens (including phenoxy) is 2. The summed E-state index contributed by atoms with van der Waals surface area (Å²) in [5.74, 6) is 2.15. The molecular formula is C16H15N3O2. The molecule has 3 aromatic rings. The quantitative estimate of drug-likeness (QED) is 0.737. The number of methoxy groups -OCH3 is 2. The van der Waals surface area contributed by atoms with Crippen LogP contribution < -0.4 is 9.47 Å². The first kappa shape index (κ1) is 13.2. The molecule has 0 aliphatic rings. The number of hydrogen-bond donors (Lipinski definition) is 0. The van der Waals surface area contributed by atoms with E-state index in [-0.39, 0.29) is 0 Å². The van der Waals surface area contributed by atoms with E-state index in [0.29, 0.717) is 11.5 Å². The predicted octanol–water partition coefficient (Wildman–Crippen LogP) is 2.95. The summed E-state index contributed by atoms with van der Waals surface area (Å²) >= 11 is 0. The molecule has 3 rings (SSSR count). The molecule has 0 amide bonds. The largest absolute Gasteiger partial charge is 0.493 e. The maximum absolute atomic E-state index is 5.35. The minimum absolute atomic E-state index is 0.684. The molecule has 0 bridgehead atoms. The molecule has 0 unspecified atom stereocenters. The highest BCUT2D eigenvalue weighted by Crippen LogP contribution is 2.32. The van der Waals surface area contributed by atoms with Crippen LogP contribution >= 0.6 is 0 Å². The molecule has 0 saturated heterocycles. The van der Waals surface area contributed by atoms with Gasteiger partial charge in [-0.2, -0.15) is 5.10 Å². The molecule has 0 aliphatic heterocycles. The van der Waals surface area contributed by atoms with Crippen LogP contribution in [-0.2, 0) is 0 Å². The topological polar surface area (TPSA) is 49.2 Å². The van der Waals surface area contributed by atoms with Crippen molar-refractivity contribution in [1.82, 2.24) is 14.8 Å². The van der Waals surface area contributed by atoms with Crippen LogP contribution in [0.2, 0.25) is 0 Å². The zero-order valence-electron chi connectivity index (χ0n) is 11.9. The molecule has 0 saturated carbocycles. The van der Waals surface area contributed by atoms with Gasteiger partial charge in [0.05, 0.1) is 26.1 Å². The Morgan fingerprint density at radius 2 is 1.76 bits per heavy atom. The Kier molecular flexibility index (Phi) is 3.55. The second-order valence-electron chi connectivity index (χ2n) is 4.39. The van der Waals surface area contributed by atoms with Gasteiger partial charge in [-0.3, -0.25) is 0 Å². The van der Waals surface area contributed by atoms with Crippen molar-refractivity contribution in [3.05, 3.63) is 54.9 Å². The molecule has 5 nitrogen and oxygen atoms in total. The lowest BCUT2D eigenvalue weighted by molar-refractivity contribution is 0.355. The van der Waals surface area contributed by atoms with Crippen LogP contribution in [0.5, 0.6) is 11.5 Å². The average molecular weight is 281 g/mol. The smallest absolute Gasteiger partial charge is 0.161 e. The Bertz CT molecular complexity index is 738. The lowest BCUT2D eigenvalue weighted by atomic mass is 10.1. The van der Waals surface area contributed by atoms with Crippen molar-refractivity contribution in [2.45, 2.75) is 0 Å². The highest BCUT2D eigenvalue weighted by Gasteiger charge is 2.11. The molecule has 2 aromatic heterocycles. The monoisotopic (exact) mass is 281 g/mol. The molecule has 0 radical (unpaired) electrons. The van der Waals surface area contributed by atoms with E-state index in [1.807, 2.05) is 42.5 Å². The van der Waals surface area contributed by atoms with Crippen molar-refractivity contribution in [2.24, 2.45) is 0 Å². The fourth-order valence-corrected chi connectivity index (χ4v) is 2.18. The van der Waals surface area contributed by atoms with Gasteiger partial charge in [-0.25, -0.2) is 9.67 Å². The summed E-state index contributed by atoms with van der Waals surface area (Å²) in [7, 11) is 3.24. The van der Waals surface area contributed by atoms with Gasteiger partial charge in [0, 0.05) is 11.8 Å². The van der Waals surface area contributed by atoms with Crippen LogP contribution in [-0.4, -0.2) is 29.0 Å². The van der Waals surface area contributed by atoms with E-state index in [2.05, 4.69) is 10.1 Å². The van der Waals surface area contributed by atoms with E-state index in [1.165, 1.54) is 0 Å². The summed E-state index contributed by atoms with van der Waals surface area (Å²) in [6.45, 7) is 0. The highest BCUT2D eigenvalue weighted by atomic mass is 16.5. The van der Waals surface area contributed by atoms with Crippen molar-refractivity contribution < 1.29 is 9.47 Å². The maximum Gasteiger partial charge on any atom is 0.161 e. The van der Waals surface area contributed by atoms with E-state index >= 15 is 0 Å². The van der Waals surface area contributed by atoms with Crippen LogP contribution in [0.1, 0.15) is 0 Å². The molecule has 0 fully saturated rings. The SMILES string of the molecule is COc1ccc(-c2ccnn2-c2ccccn2)cc1OC. The summed E-state index contributed by atoms with van der Waals surface area (Å²) in [5.41, 5.74) is 1.92. The van der Waals surface area contributed by atoms with E-state index < -0.39 is 0 Å². The van der Waals surface area contributed by atoms with Crippen molar-refractivity contribution in [3.63, 3.8) is 0 Å². The first-order chi connectivity index (χ1) is 10.3. The van der Waals surface area contributed by atoms with E-state index in [1.54, 1.807) is 31.3 Å². The molecule has 0 aliphatic carbocycles. The van der Waals surface area contributed by atoms with Crippen molar-refractivity contribution in [2.75, 3.05) is 14.2 Å². The van der Waals surface area contributed by atoms with Gasteiger partial charge in [-0.15, -0.1) is 0 Å². The van der Waals surface area contributed by atoms with Gasteiger partial charge in [0.2, 0.25) is 0 Å². The van der Waals surface area contributed by atoms with Gasteiger partial charge in [0.25, 0.3) is 0 Å². The first-order valence-corrected chi connectivity index (χ1v) is 6.51. The number of benzene rings is 1. The average Bonchev–Trinajstić information content (AvgIpc) is 3.04. The van der Waals surface area contributed by atoms with Gasteiger partial charge >= 0.3 is 0 Å². The molecule has 106 valence electrons. The maximum atomic E-state index is 5.35. The van der Waals surface area contributed by atoms with Gasteiger partial charge in [0.15, 0.2) is 17.3 Å². The predicted molar refractivity (Wildman–Crippen MR) is 79.9 cm³/mol. The minimum atomic E-state index is 0.684.